The Kier molecular flexibility index (Phi) is 6.51. The number of hydrogen-bond donors (Lipinski definition) is 1. The summed E-state index contributed by atoms with van der Waals surface area (Å²) < 4.78 is 0. The van der Waals surface area contributed by atoms with E-state index in [1.165, 1.54) is 51.7 Å². The van der Waals surface area contributed by atoms with Crippen LogP contribution in [0.1, 0.15) is 48.9 Å². The van der Waals surface area contributed by atoms with Crippen LogP contribution in [0.25, 0.3) is 0 Å². The van der Waals surface area contributed by atoms with Crippen LogP contribution < -0.4 is 5.32 Å². The molecule has 1 aromatic rings. The highest BCUT2D eigenvalue weighted by Crippen LogP contribution is 2.09. The molecule has 2 heterocycles. The Bertz CT molecular complexity index is 388. The first kappa shape index (κ1) is 15.0. The summed E-state index contributed by atoms with van der Waals surface area (Å²) in [5.41, 5.74) is 0.688. The normalized spacial score (nSPS) is 16.0. The summed E-state index contributed by atoms with van der Waals surface area (Å²) in [5, 5.41) is 2.96. The van der Waals surface area contributed by atoms with E-state index in [1.807, 2.05) is 0 Å². The second-order valence-electron chi connectivity index (χ2n) is 5.45. The fourth-order valence-corrected chi connectivity index (χ4v) is 2.63. The number of unbranched alkanes of at least 4 members (excludes halogenated alkanes) is 2. The molecule has 2 rings (SSSR count). The molecule has 1 saturated heterocycles. The molecule has 20 heavy (non-hydrogen) atoms. The van der Waals surface area contributed by atoms with Crippen molar-refractivity contribution in [1.29, 1.82) is 0 Å². The van der Waals surface area contributed by atoms with E-state index in [1.54, 1.807) is 24.5 Å². The highest BCUT2D eigenvalue weighted by atomic mass is 16.1. The number of piperidine rings is 1. The number of rotatable bonds is 7. The van der Waals surface area contributed by atoms with Gasteiger partial charge in [-0.3, -0.25) is 9.78 Å². The Morgan fingerprint density at radius 2 is 1.85 bits per heavy atom. The highest BCUT2D eigenvalue weighted by Gasteiger charge is 2.08. The largest absolute Gasteiger partial charge is 0.352 e. The molecule has 0 aromatic carbocycles. The van der Waals surface area contributed by atoms with E-state index >= 15 is 0 Å². The number of amides is 1. The van der Waals surface area contributed by atoms with E-state index < -0.39 is 0 Å². The second kappa shape index (κ2) is 8.69. The average molecular weight is 275 g/mol. The number of likely N-dealkylation sites (tertiary alicyclic amines) is 1. The zero-order valence-corrected chi connectivity index (χ0v) is 12.2. The molecule has 0 spiro atoms. The molecule has 110 valence electrons. The third kappa shape index (κ3) is 5.29. The highest BCUT2D eigenvalue weighted by molar-refractivity contribution is 5.93. The molecule has 1 amide bonds. The van der Waals surface area contributed by atoms with Crippen molar-refractivity contribution < 1.29 is 4.79 Å². The fourth-order valence-electron chi connectivity index (χ4n) is 2.63. The van der Waals surface area contributed by atoms with Crippen molar-refractivity contribution in [3.8, 4) is 0 Å². The molecule has 4 nitrogen and oxygen atoms in total. The number of pyridine rings is 1. The van der Waals surface area contributed by atoms with Gasteiger partial charge >= 0.3 is 0 Å². The van der Waals surface area contributed by atoms with Gasteiger partial charge in [0.25, 0.3) is 5.91 Å². The molecule has 0 aliphatic carbocycles. The molecule has 4 heteroatoms. The zero-order chi connectivity index (χ0) is 14.0. The molecular formula is C16H25N3O. The van der Waals surface area contributed by atoms with Crippen molar-refractivity contribution in [3.63, 3.8) is 0 Å². The number of aromatic nitrogens is 1. The first-order valence-corrected chi connectivity index (χ1v) is 7.77. The van der Waals surface area contributed by atoms with Crippen molar-refractivity contribution in [3.05, 3.63) is 30.1 Å². The predicted molar refractivity (Wildman–Crippen MR) is 80.7 cm³/mol. The molecule has 0 radical (unpaired) electrons. The number of nitrogens with zero attached hydrogens (tertiary/aromatic N) is 2. The van der Waals surface area contributed by atoms with Crippen LogP contribution in [0.4, 0.5) is 0 Å². The van der Waals surface area contributed by atoms with Gasteiger partial charge in [-0.15, -0.1) is 0 Å². The van der Waals surface area contributed by atoms with E-state index in [0.717, 1.165) is 13.0 Å². The van der Waals surface area contributed by atoms with Crippen LogP contribution in [0.2, 0.25) is 0 Å². The quantitative estimate of drug-likeness (QED) is 0.778. The van der Waals surface area contributed by atoms with Gasteiger partial charge in [0.2, 0.25) is 0 Å². The minimum absolute atomic E-state index is 0.00318. The van der Waals surface area contributed by atoms with Gasteiger partial charge in [0, 0.05) is 24.5 Å². The number of hydrogen-bond acceptors (Lipinski definition) is 3. The Balaban J connectivity index is 1.50. The van der Waals surface area contributed by atoms with Crippen molar-refractivity contribution in [1.82, 2.24) is 15.2 Å². The fraction of sp³-hybridized carbons (Fsp3) is 0.625. The van der Waals surface area contributed by atoms with E-state index in [-0.39, 0.29) is 5.91 Å². The van der Waals surface area contributed by atoms with E-state index in [0.29, 0.717) is 5.56 Å². The van der Waals surface area contributed by atoms with E-state index in [4.69, 9.17) is 0 Å². The van der Waals surface area contributed by atoms with Gasteiger partial charge in [-0.2, -0.15) is 0 Å². The van der Waals surface area contributed by atoms with E-state index in [2.05, 4.69) is 15.2 Å². The minimum atomic E-state index is 0.00318. The lowest BCUT2D eigenvalue weighted by Crippen LogP contribution is -2.30. The van der Waals surface area contributed by atoms with Crippen LogP contribution in [-0.4, -0.2) is 42.0 Å². The Labute approximate surface area is 121 Å². The maximum Gasteiger partial charge on any atom is 0.251 e. The van der Waals surface area contributed by atoms with Crippen molar-refractivity contribution in [2.24, 2.45) is 0 Å². The van der Waals surface area contributed by atoms with Gasteiger partial charge in [0.1, 0.15) is 0 Å². The summed E-state index contributed by atoms with van der Waals surface area (Å²) >= 11 is 0. The zero-order valence-electron chi connectivity index (χ0n) is 12.2. The first-order valence-electron chi connectivity index (χ1n) is 7.77. The van der Waals surface area contributed by atoms with Crippen LogP contribution in [0.15, 0.2) is 24.5 Å². The van der Waals surface area contributed by atoms with Crippen LogP contribution in [-0.2, 0) is 0 Å². The maximum atomic E-state index is 11.8. The number of nitrogens with one attached hydrogen (secondary N) is 1. The molecule has 1 fully saturated rings. The monoisotopic (exact) mass is 275 g/mol. The lowest BCUT2D eigenvalue weighted by Gasteiger charge is -2.26. The molecule has 0 atom stereocenters. The second-order valence-corrected chi connectivity index (χ2v) is 5.45. The molecule has 1 aliphatic heterocycles. The summed E-state index contributed by atoms with van der Waals surface area (Å²) in [4.78, 5) is 18.3. The maximum absolute atomic E-state index is 11.8. The third-order valence-electron chi connectivity index (χ3n) is 3.83. The van der Waals surface area contributed by atoms with Crippen LogP contribution >= 0.6 is 0 Å². The standard InChI is InChI=1S/C16H25N3O/c20-16(15-7-10-17-11-8-15)18-9-3-1-4-12-19-13-5-2-6-14-19/h7-8,10-11H,1-6,9,12-14H2,(H,18,20). The van der Waals surface area contributed by atoms with Gasteiger partial charge in [-0.25, -0.2) is 0 Å². The Morgan fingerprint density at radius 3 is 2.60 bits per heavy atom. The molecular weight excluding hydrogens is 250 g/mol. The lowest BCUT2D eigenvalue weighted by atomic mass is 10.1. The van der Waals surface area contributed by atoms with Crippen LogP contribution in [0.5, 0.6) is 0 Å². The smallest absolute Gasteiger partial charge is 0.251 e. The van der Waals surface area contributed by atoms with Gasteiger partial charge < -0.3 is 10.2 Å². The first-order chi connectivity index (χ1) is 9.86. The summed E-state index contributed by atoms with van der Waals surface area (Å²) in [7, 11) is 0. The molecule has 1 N–H and O–H groups in total. The van der Waals surface area contributed by atoms with Crippen molar-refractivity contribution >= 4 is 5.91 Å². The van der Waals surface area contributed by atoms with E-state index in [9.17, 15) is 4.79 Å². The Hall–Kier alpha value is -1.42. The third-order valence-corrected chi connectivity index (χ3v) is 3.83. The van der Waals surface area contributed by atoms with Crippen LogP contribution in [0.3, 0.4) is 0 Å². The molecule has 0 unspecified atom stereocenters. The molecule has 1 aromatic heterocycles. The van der Waals surface area contributed by atoms with Crippen molar-refractivity contribution in [2.75, 3.05) is 26.2 Å². The van der Waals surface area contributed by atoms with Gasteiger partial charge in [-0.1, -0.05) is 12.8 Å². The topological polar surface area (TPSA) is 45.2 Å². The van der Waals surface area contributed by atoms with Gasteiger partial charge in [-0.05, 0) is 57.5 Å². The number of carbonyl (C=O) groups is 1. The summed E-state index contributed by atoms with van der Waals surface area (Å²) in [6.45, 7) is 4.54. The SMILES string of the molecule is O=C(NCCCCCN1CCCCC1)c1ccncc1. The summed E-state index contributed by atoms with van der Waals surface area (Å²) in [6.07, 6.45) is 10.9. The molecule has 0 saturated carbocycles. The van der Waals surface area contributed by atoms with Gasteiger partial charge in [0.05, 0.1) is 0 Å². The van der Waals surface area contributed by atoms with Crippen LogP contribution in [0, 0.1) is 0 Å². The Morgan fingerprint density at radius 1 is 1.10 bits per heavy atom. The summed E-state index contributed by atoms with van der Waals surface area (Å²) in [5.74, 6) is 0.00318. The predicted octanol–water partition coefficient (Wildman–Crippen LogP) is 2.47. The molecule has 0 bridgehead atoms. The lowest BCUT2D eigenvalue weighted by molar-refractivity contribution is 0.0952. The average Bonchev–Trinajstić information content (AvgIpc) is 2.52. The van der Waals surface area contributed by atoms with Gasteiger partial charge in [0.15, 0.2) is 0 Å². The summed E-state index contributed by atoms with van der Waals surface area (Å²) in [6, 6.07) is 3.48. The minimum Gasteiger partial charge on any atom is -0.352 e. The van der Waals surface area contributed by atoms with Crippen molar-refractivity contribution in [2.45, 2.75) is 38.5 Å². The number of carbonyl (C=O) groups excluding carboxylic acids is 1. The molecule has 1 aliphatic rings.